The summed E-state index contributed by atoms with van der Waals surface area (Å²) < 4.78 is 6.88. The second-order valence-electron chi connectivity index (χ2n) is 4.07. The van der Waals surface area contributed by atoms with E-state index in [1.54, 1.807) is 11.3 Å². The van der Waals surface area contributed by atoms with Gasteiger partial charge in [-0.1, -0.05) is 18.2 Å². The van der Waals surface area contributed by atoms with Crippen LogP contribution in [0.25, 0.3) is 0 Å². The normalized spacial score (nSPS) is 11.8. The highest BCUT2D eigenvalue weighted by molar-refractivity contribution is 9.10. The van der Waals surface area contributed by atoms with Crippen LogP contribution in [0.4, 0.5) is 4.79 Å². The molecule has 1 heterocycles. The summed E-state index contributed by atoms with van der Waals surface area (Å²) in [6.45, 7) is 0.350. The van der Waals surface area contributed by atoms with Crippen molar-refractivity contribution in [3.05, 3.63) is 51.1 Å². The van der Waals surface area contributed by atoms with Gasteiger partial charge in [0.2, 0.25) is 0 Å². The third-order valence-electron chi connectivity index (χ3n) is 2.65. The van der Waals surface area contributed by atoms with Gasteiger partial charge in [-0.25, -0.2) is 4.79 Å². The minimum atomic E-state index is -1.02. The Labute approximate surface area is 129 Å². The molecule has 2 N–H and O–H groups in total. The first-order valence-corrected chi connectivity index (χ1v) is 7.75. The van der Waals surface area contributed by atoms with E-state index in [4.69, 9.17) is 9.84 Å². The Balaban J connectivity index is 2.07. The predicted octanol–water partition coefficient (Wildman–Crippen LogP) is 4.29. The molecule has 4 nitrogen and oxygen atoms in total. The largest absolute Gasteiger partial charge is 0.484 e. The highest BCUT2D eigenvalue weighted by Crippen LogP contribution is 2.32. The first-order chi connectivity index (χ1) is 9.66. The number of para-hydroxylation sites is 1. The minimum Gasteiger partial charge on any atom is -0.484 e. The average molecular weight is 356 g/mol. The number of nitrogens with one attached hydrogen (secondary N) is 1. The molecular weight excluding hydrogens is 342 g/mol. The van der Waals surface area contributed by atoms with Gasteiger partial charge in [0.15, 0.2) is 0 Å². The van der Waals surface area contributed by atoms with E-state index in [1.165, 1.54) is 0 Å². The Bertz CT molecular complexity index is 559. The van der Waals surface area contributed by atoms with Crippen LogP contribution in [0.3, 0.4) is 0 Å². The maximum absolute atomic E-state index is 10.5. The molecule has 0 radical (unpaired) electrons. The number of carbonyl (C=O) groups is 1. The van der Waals surface area contributed by atoms with Crippen molar-refractivity contribution >= 4 is 33.4 Å². The molecule has 20 heavy (non-hydrogen) atoms. The molecule has 0 saturated carbocycles. The van der Waals surface area contributed by atoms with Gasteiger partial charge < -0.3 is 15.2 Å². The second-order valence-corrected chi connectivity index (χ2v) is 5.91. The SMILES string of the molecule is O=C(O)NCCC(Oc1ccccc1Br)c1cccs1. The Morgan fingerprint density at radius 2 is 2.15 bits per heavy atom. The van der Waals surface area contributed by atoms with Crippen LogP contribution in [0.1, 0.15) is 17.4 Å². The van der Waals surface area contributed by atoms with Crippen LogP contribution in [-0.2, 0) is 0 Å². The summed E-state index contributed by atoms with van der Waals surface area (Å²) in [5.74, 6) is 0.751. The Kier molecular flexibility index (Phi) is 5.43. The highest BCUT2D eigenvalue weighted by atomic mass is 79.9. The van der Waals surface area contributed by atoms with E-state index in [1.807, 2.05) is 41.8 Å². The molecule has 0 aliphatic carbocycles. The molecule has 0 saturated heterocycles. The molecule has 2 rings (SSSR count). The zero-order chi connectivity index (χ0) is 14.4. The zero-order valence-corrected chi connectivity index (χ0v) is 13.0. The van der Waals surface area contributed by atoms with E-state index in [9.17, 15) is 4.79 Å². The highest BCUT2D eigenvalue weighted by Gasteiger charge is 2.16. The number of hydrogen-bond donors (Lipinski definition) is 2. The van der Waals surface area contributed by atoms with Gasteiger partial charge in [-0.2, -0.15) is 0 Å². The fourth-order valence-corrected chi connectivity index (χ4v) is 2.90. The van der Waals surface area contributed by atoms with Gasteiger partial charge in [0.1, 0.15) is 11.9 Å². The van der Waals surface area contributed by atoms with E-state index in [-0.39, 0.29) is 6.10 Å². The molecular formula is C14H14BrNO3S. The van der Waals surface area contributed by atoms with E-state index in [0.29, 0.717) is 13.0 Å². The zero-order valence-electron chi connectivity index (χ0n) is 10.6. The van der Waals surface area contributed by atoms with Crippen LogP contribution in [0, 0.1) is 0 Å². The van der Waals surface area contributed by atoms with Crippen molar-refractivity contribution in [1.29, 1.82) is 0 Å². The monoisotopic (exact) mass is 355 g/mol. The molecule has 0 bridgehead atoms. The van der Waals surface area contributed by atoms with E-state index in [2.05, 4.69) is 21.2 Å². The summed E-state index contributed by atoms with van der Waals surface area (Å²) in [6, 6.07) is 11.6. The lowest BCUT2D eigenvalue weighted by Crippen LogP contribution is -2.24. The van der Waals surface area contributed by atoms with Crippen molar-refractivity contribution in [2.24, 2.45) is 0 Å². The summed E-state index contributed by atoms with van der Waals surface area (Å²) in [6.07, 6.45) is -0.606. The quantitative estimate of drug-likeness (QED) is 0.812. The molecule has 0 aliphatic heterocycles. The number of carboxylic acid groups (broad SMARTS) is 1. The van der Waals surface area contributed by atoms with Gasteiger partial charge in [-0.05, 0) is 39.5 Å². The third-order valence-corrected chi connectivity index (χ3v) is 4.27. The summed E-state index contributed by atoms with van der Waals surface area (Å²) in [4.78, 5) is 11.6. The Morgan fingerprint density at radius 3 is 2.80 bits per heavy atom. The first kappa shape index (κ1) is 14.9. The van der Waals surface area contributed by atoms with Gasteiger partial charge in [0, 0.05) is 17.8 Å². The fraction of sp³-hybridized carbons (Fsp3) is 0.214. The number of thiophene rings is 1. The van der Waals surface area contributed by atoms with E-state index < -0.39 is 6.09 Å². The van der Waals surface area contributed by atoms with Gasteiger partial charge in [0.05, 0.1) is 4.47 Å². The topological polar surface area (TPSA) is 58.6 Å². The van der Waals surface area contributed by atoms with Gasteiger partial charge in [0.25, 0.3) is 0 Å². The first-order valence-electron chi connectivity index (χ1n) is 6.08. The summed E-state index contributed by atoms with van der Waals surface area (Å²) in [5, 5.41) is 13.0. The number of rotatable bonds is 6. The van der Waals surface area contributed by atoms with Crippen molar-refractivity contribution in [2.45, 2.75) is 12.5 Å². The van der Waals surface area contributed by atoms with Crippen LogP contribution >= 0.6 is 27.3 Å². The molecule has 106 valence electrons. The lowest BCUT2D eigenvalue weighted by molar-refractivity contribution is 0.181. The number of ether oxygens (including phenoxy) is 1. The van der Waals surface area contributed by atoms with Gasteiger partial charge in [-0.15, -0.1) is 11.3 Å². The average Bonchev–Trinajstić information content (AvgIpc) is 2.93. The van der Waals surface area contributed by atoms with Crippen LogP contribution in [-0.4, -0.2) is 17.7 Å². The van der Waals surface area contributed by atoms with Gasteiger partial charge in [-0.3, -0.25) is 0 Å². The van der Waals surface area contributed by atoms with Crippen molar-refractivity contribution in [3.8, 4) is 5.75 Å². The lowest BCUT2D eigenvalue weighted by Gasteiger charge is -2.18. The molecule has 1 aromatic carbocycles. The molecule has 0 fully saturated rings. The van der Waals surface area contributed by atoms with Crippen LogP contribution in [0.15, 0.2) is 46.3 Å². The predicted molar refractivity (Wildman–Crippen MR) is 82.5 cm³/mol. The molecule has 6 heteroatoms. The van der Waals surface area contributed by atoms with Crippen molar-refractivity contribution in [2.75, 3.05) is 6.54 Å². The van der Waals surface area contributed by atoms with Crippen LogP contribution in [0.2, 0.25) is 0 Å². The Morgan fingerprint density at radius 1 is 1.35 bits per heavy atom. The summed E-state index contributed by atoms with van der Waals surface area (Å²) in [7, 11) is 0. The van der Waals surface area contributed by atoms with Crippen molar-refractivity contribution < 1.29 is 14.6 Å². The third kappa shape index (κ3) is 4.25. The summed E-state index contributed by atoms with van der Waals surface area (Å²) in [5.41, 5.74) is 0. The molecule has 1 amide bonds. The van der Waals surface area contributed by atoms with Crippen LogP contribution in [0.5, 0.6) is 5.75 Å². The Hall–Kier alpha value is -1.53. The second kappa shape index (κ2) is 7.31. The van der Waals surface area contributed by atoms with Crippen molar-refractivity contribution in [3.63, 3.8) is 0 Å². The summed E-state index contributed by atoms with van der Waals surface area (Å²) >= 11 is 5.05. The van der Waals surface area contributed by atoms with E-state index in [0.717, 1.165) is 15.1 Å². The number of benzene rings is 1. The van der Waals surface area contributed by atoms with Gasteiger partial charge >= 0.3 is 6.09 Å². The fourth-order valence-electron chi connectivity index (χ4n) is 1.74. The molecule has 2 aromatic rings. The van der Waals surface area contributed by atoms with Crippen LogP contribution < -0.4 is 10.1 Å². The molecule has 1 atom stereocenters. The number of halogens is 1. The van der Waals surface area contributed by atoms with Crippen molar-refractivity contribution in [1.82, 2.24) is 5.32 Å². The molecule has 1 unspecified atom stereocenters. The maximum atomic E-state index is 10.5. The molecule has 0 aliphatic rings. The molecule has 0 spiro atoms. The maximum Gasteiger partial charge on any atom is 0.404 e. The smallest absolute Gasteiger partial charge is 0.404 e. The minimum absolute atomic E-state index is 0.166. The number of amides is 1. The van der Waals surface area contributed by atoms with E-state index >= 15 is 0 Å². The standard InChI is InChI=1S/C14H14BrNO3S/c15-10-4-1-2-5-11(10)19-12(7-8-16-14(17)18)13-6-3-9-20-13/h1-6,9,12,16H,7-8H2,(H,17,18). The lowest BCUT2D eigenvalue weighted by atomic mass is 10.2. The molecule has 1 aromatic heterocycles. The number of hydrogen-bond acceptors (Lipinski definition) is 3.